The van der Waals surface area contributed by atoms with Crippen molar-refractivity contribution >= 4 is 46.4 Å². The summed E-state index contributed by atoms with van der Waals surface area (Å²) in [5.41, 5.74) is 2.74. The monoisotopic (exact) mass is 660 g/mol. The topological polar surface area (TPSA) is 0 Å². The molecular formula is C46H46P2+2. The fraction of sp³-hybridized carbons (Fsp3) is 0.0870. The lowest BCUT2D eigenvalue weighted by Gasteiger charge is -2.29. The Bertz CT molecular complexity index is 1600. The van der Waals surface area contributed by atoms with Gasteiger partial charge < -0.3 is 0 Å². The van der Waals surface area contributed by atoms with E-state index in [9.17, 15) is 0 Å². The molecule has 0 fully saturated rings. The number of rotatable bonds is 10. The summed E-state index contributed by atoms with van der Waals surface area (Å²) in [5.74, 6) is 0. The van der Waals surface area contributed by atoms with Crippen molar-refractivity contribution in [1.29, 1.82) is 0 Å². The number of benzene rings is 7. The molecule has 0 aliphatic rings. The molecule has 7 aromatic carbocycles. The third kappa shape index (κ3) is 6.84. The van der Waals surface area contributed by atoms with Crippen molar-refractivity contribution in [1.82, 2.24) is 0 Å². The van der Waals surface area contributed by atoms with Gasteiger partial charge in [0.15, 0.2) is 0 Å². The van der Waals surface area contributed by atoms with Crippen LogP contribution in [0.4, 0.5) is 0 Å². The molecule has 0 bridgehead atoms. The predicted octanol–water partition coefficient (Wildman–Crippen LogP) is 9.95. The van der Waals surface area contributed by atoms with Gasteiger partial charge in [0.25, 0.3) is 0 Å². The van der Waals surface area contributed by atoms with Gasteiger partial charge in [-0.15, -0.1) is 0 Å². The third-order valence-corrected chi connectivity index (χ3v) is 17.8. The van der Waals surface area contributed by atoms with Gasteiger partial charge >= 0.3 is 0 Å². The fourth-order valence-corrected chi connectivity index (χ4v) is 15.3. The lowest BCUT2D eigenvalue weighted by molar-refractivity contribution is 1.32. The van der Waals surface area contributed by atoms with Gasteiger partial charge in [0, 0.05) is 0 Å². The Kier molecular flexibility index (Phi) is 11.6. The van der Waals surface area contributed by atoms with E-state index < -0.39 is 14.5 Å². The summed E-state index contributed by atoms with van der Waals surface area (Å²) < 4.78 is 0. The number of hydrogen-bond acceptors (Lipinski definition) is 0. The molecule has 0 radical (unpaired) electrons. The quantitative estimate of drug-likeness (QED) is 0.128. The smallest absolute Gasteiger partial charge is 0.0776 e. The SMILES string of the molecule is C.C.c1ccc([P+](Cc2ccc(C[P+](c3ccccc3)(c3ccccc3)c3ccccc3)cc2)(c2ccccc2)c2ccccc2)cc1. The largest absolute Gasteiger partial charge is 0.116 e. The van der Waals surface area contributed by atoms with Crippen molar-refractivity contribution in [3.8, 4) is 0 Å². The van der Waals surface area contributed by atoms with Crippen LogP contribution in [-0.2, 0) is 12.3 Å². The Morgan fingerprint density at radius 3 is 0.562 bits per heavy atom. The molecule has 2 heteroatoms. The van der Waals surface area contributed by atoms with Crippen LogP contribution in [0, 0.1) is 0 Å². The maximum absolute atomic E-state index is 2.40. The third-order valence-electron chi connectivity index (χ3n) is 9.04. The molecule has 0 aliphatic carbocycles. The Balaban J connectivity index is 0.00000225. The van der Waals surface area contributed by atoms with Gasteiger partial charge in [-0.1, -0.05) is 148 Å². The Labute approximate surface area is 289 Å². The highest BCUT2D eigenvalue weighted by molar-refractivity contribution is 7.95. The zero-order valence-electron chi connectivity index (χ0n) is 25.9. The molecule has 0 heterocycles. The van der Waals surface area contributed by atoms with Crippen LogP contribution in [0.1, 0.15) is 26.0 Å². The van der Waals surface area contributed by atoms with Gasteiger partial charge in [-0.2, -0.15) is 0 Å². The summed E-state index contributed by atoms with van der Waals surface area (Å²) in [5, 5.41) is 8.49. The second-order valence-corrected chi connectivity index (χ2v) is 18.7. The van der Waals surface area contributed by atoms with Gasteiger partial charge in [-0.05, 0) is 83.9 Å². The van der Waals surface area contributed by atoms with E-state index in [2.05, 4.69) is 206 Å². The maximum Gasteiger partial charge on any atom is 0.116 e. The zero-order chi connectivity index (χ0) is 31.1. The fourth-order valence-electron chi connectivity index (χ4n) is 6.83. The van der Waals surface area contributed by atoms with E-state index in [0.29, 0.717) is 0 Å². The second kappa shape index (κ2) is 16.0. The summed E-state index contributed by atoms with van der Waals surface area (Å²) in [6.07, 6.45) is 1.95. The van der Waals surface area contributed by atoms with Crippen LogP contribution < -0.4 is 31.8 Å². The Hall–Kier alpha value is -4.60. The van der Waals surface area contributed by atoms with E-state index in [-0.39, 0.29) is 14.9 Å². The summed E-state index contributed by atoms with van der Waals surface area (Å²) in [4.78, 5) is 0. The van der Waals surface area contributed by atoms with E-state index in [1.54, 1.807) is 0 Å². The van der Waals surface area contributed by atoms with Gasteiger partial charge in [-0.25, -0.2) is 0 Å². The van der Waals surface area contributed by atoms with Gasteiger partial charge in [0.2, 0.25) is 0 Å². The van der Waals surface area contributed by atoms with E-state index in [4.69, 9.17) is 0 Å². The maximum atomic E-state index is 2.40. The van der Waals surface area contributed by atoms with Crippen LogP contribution in [0.15, 0.2) is 206 Å². The first-order valence-corrected chi connectivity index (χ1v) is 19.9. The molecule has 0 unspecified atom stereocenters. The van der Waals surface area contributed by atoms with Crippen molar-refractivity contribution in [3.63, 3.8) is 0 Å². The second-order valence-electron chi connectivity index (χ2n) is 11.8. The molecule has 0 aromatic heterocycles. The van der Waals surface area contributed by atoms with Crippen LogP contribution in [0.5, 0.6) is 0 Å². The molecule has 0 atom stereocenters. The molecular weight excluding hydrogens is 614 g/mol. The van der Waals surface area contributed by atoms with E-state index >= 15 is 0 Å². The molecule has 238 valence electrons. The molecule has 0 aliphatic heterocycles. The molecule has 0 amide bonds. The first-order valence-electron chi connectivity index (χ1n) is 16.0. The van der Waals surface area contributed by atoms with Gasteiger partial charge in [0.1, 0.15) is 46.4 Å². The van der Waals surface area contributed by atoms with E-state index in [1.807, 2.05) is 0 Å². The minimum Gasteiger partial charge on any atom is -0.0776 e. The van der Waals surface area contributed by atoms with Gasteiger partial charge in [-0.3, -0.25) is 0 Å². The molecule has 48 heavy (non-hydrogen) atoms. The molecule has 0 N–H and O–H groups in total. The average Bonchev–Trinajstić information content (AvgIpc) is 3.16. The predicted molar refractivity (Wildman–Crippen MR) is 218 cm³/mol. The summed E-state index contributed by atoms with van der Waals surface area (Å²) in [6, 6.07) is 76.7. The minimum atomic E-state index is -1.97. The summed E-state index contributed by atoms with van der Waals surface area (Å²) >= 11 is 0. The van der Waals surface area contributed by atoms with Crippen LogP contribution in [0.3, 0.4) is 0 Å². The Morgan fingerprint density at radius 2 is 0.396 bits per heavy atom. The summed E-state index contributed by atoms with van der Waals surface area (Å²) in [6.45, 7) is 0. The summed E-state index contributed by atoms with van der Waals surface area (Å²) in [7, 11) is -3.94. The van der Waals surface area contributed by atoms with Crippen molar-refractivity contribution in [2.45, 2.75) is 27.2 Å². The van der Waals surface area contributed by atoms with Gasteiger partial charge in [0.05, 0.1) is 12.3 Å². The lowest BCUT2D eigenvalue weighted by atomic mass is 10.2. The van der Waals surface area contributed by atoms with Crippen LogP contribution >= 0.6 is 14.5 Å². The molecule has 0 nitrogen and oxygen atoms in total. The first-order chi connectivity index (χ1) is 22.8. The van der Waals surface area contributed by atoms with Crippen molar-refractivity contribution in [2.24, 2.45) is 0 Å². The molecule has 0 saturated heterocycles. The molecule has 7 rings (SSSR count). The molecule has 7 aromatic rings. The van der Waals surface area contributed by atoms with Crippen LogP contribution in [0.2, 0.25) is 0 Å². The first kappa shape index (κ1) is 34.7. The minimum absolute atomic E-state index is 0. The highest BCUT2D eigenvalue weighted by atomic mass is 31.2. The Morgan fingerprint density at radius 1 is 0.229 bits per heavy atom. The van der Waals surface area contributed by atoms with Crippen molar-refractivity contribution in [3.05, 3.63) is 217 Å². The molecule has 0 spiro atoms. The van der Waals surface area contributed by atoms with E-state index in [0.717, 1.165) is 12.3 Å². The standard InChI is InChI=1S/C44H38P2.2CH4/c1-7-19-39(20-8-1)45(40-21-9-2-10-22-40,41-23-11-3-12-24-41)35-37-31-33-38(34-32-37)36-46(42-25-13-4-14-26-42,43-27-15-5-16-28-43)44-29-17-6-18-30-44;;/h1-34H,35-36H2;2*1H4/q+2;;. The zero-order valence-corrected chi connectivity index (χ0v) is 27.7. The van der Waals surface area contributed by atoms with Crippen LogP contribution in [0.25, 0.3) is 0 Å². The normalized spacial score (nSPS) is 11.2. The number of hydrogen-bond donors (Lipinski definition) is 0. The average molecular weight is 661 g/mol. The molecule has 0 saturated carbocycles. The van der Waals surface area contributed by atoms with Crippen LogP contribution in [-0.4, -0.2) is 0 Å². The van der Waals surface area contributed by atoms with Crippen molar-refractivity contribution < 1.29 is 0 Å². The highest BCUT2D eigenvalue weighted by Gasteiger charge is 2.47. The van der Waals surface area contributed by atoms with E-state index in [1.165, 1.54) is 43.0 Å². The van der Waals surface area contributed by atoms with Crippen molar-refractivity contribution in [2.75, 3.05) is 0 Å². The highest BCUT2D eigenvalue weighted by Crippen LogP contribution is 2.59. The lowest BCUT2D eigenvalue weighted by Crippen LogP contribution is -2.32.